The van der Waals surface area contributed by atoms with Gasteiger partial charge in [0.2, 0.25) is 0 Å². The van der Waals surface area contributed by atoms with Gasteiger partial charge in [0.1, 0.15) is 6.26 Å². The van der Waals surface area contributed by atoms with E-state index in [2.05, 4.69) is 17.2 Å². The summed E-state index contributed by atoms with van der Waals surface area (Å²) in [6.45, 7) is 4.27. The summed E-state index contributed by atoms with van der Waals surface area (Å²) in [5.74, 6) is 0.687. The third-order valence-electron chi connectivity index (χ3n) is 3.20. The van der Waals surface area contributed by atoms with Crippen LogP contribution in [0, 0.1) is 12.8 Å². The van der Waals surface area contributed by atoms with E-state index in [9.17, 15) is 0 Å². The van der Waals surface area contributed by atoms with Crippen molar-refractivity contribution in [2.45, 2.75) is 43.2 Å². The van der Waals surface area contributed by atoms with E-state index >= 15 is 0 Å². The van der Waals surface area contributed by atoms with Gasteiger partial charge in [0.25, 0.3) is 5.22 Å². The van der Waals surface area contributed by atoms with Crippen LogP contribution < -0.4 is 5.32 Å². The molecule has 3 atom stereocenters. The number of hydrogen-bond donors (Lipinski definition) is 1. The molecular formula is C11H18N2OS. The lowest BCUT2D eigenvalue weighted by molar-refractivity contribution is 0.444. The number of hydrogen-bond acceptors (Lipinski definition) is 4. The molecule has 0 radical (unpaired) electrons. The first-order chi connectivity index (χ1) is 7.20. The molecule has 2 rings (SSSR count). The molecule has 0 bridgehead atoms. The second-order valence-electron chi connectivity index (χ2n) is 4.24. The highest BCUT2D eigenvalue weighted by Crippen LogP contribution is 2.38. The van der Waals surface area contributed by atoms with Crippen molar-refractivity contribution in [3.63, 3.8) is 0 Å². The fourth-order valence-corrected chi connectivity index (χ4v) is 3.44. The first-order valence-corrected chi connectivity index (χ1v) is 6.34. The molecule has 0 spiro atoms. The number of rotatable bonds is 3. The van der Waals surface area contributed by atoms with Crippen LogP contribution in [0.5, 0.6) is 0 Å². The van der Waals surface area contributed by atoms with Crippen LogP contribution in [0.3, 0.4) is 0 Å². The first kappa shape index (κ1) is 11.0. The van der Waals surface area contributed by atoms with E-state index in [0.29, 0.717) is 17.2 Å². The van der Waals surface area contributed by atoms with Gasteiger partial charge in [-0.25, -0.2) is 4.98 Å². The number of nitrogens with one attached hydrogen (secondary N) is 1. The van der Waals surface area contributed by atoms with Crippen LogP contribution in [0.25, 0.3) is 0 Å². The van der Waals surface area contributed by atoms with Crippen molar-refractivity contribution in [1.29, 1.82) is 0 Å². The van der Waals surface area contributed by atoms with Crippen LogP contribution in [0.2, 0.25) is 0 Å². The minimum Gasteiger partial charge on any atom is -0.440 e. The van der Waals surface area contributed by atoms with Gasteiger partial charge < -0.3 is 9.73 Å². The summed E-state index contributed by atoms with van der Waals surface area (Å²) in [5, 5.41) is 4.83. The zero-order valence-corrected chi connectivity index (χ0v) is 10.3. The molecule has 1 aliphatic carbocycles. The normalized spacial score (nSPS) is 31.0. The summed E-state index contributed by atoms with van der Waals surface area (Å²) in [4.78, 5) is 4.34. The van der Waals surface area contributed by atoms with E-state index in [1.165, 1.54) is 12.8 Å². The van der Waals surface area contributed by atoms with Gasteiger partial charge in [0, 0.05) is 11.3 Å². The Hall–Kier alpha value is -0.480. The van der Waals surface area contributed by atoms with E-state index in [1.807, 2.05) is 14.0 Å². The van der Waals surface area contributed by atoms with Crippen molar-refractivity contribution in [2.75, 3.05) is 7.05 Å². The summed E-state index contributed by atoms with van der Waals surface area (Å²) in [6, 6.07) is 0.651. The Morgan fingerprint density at radius 2 is 2.33 bits per heavy atom. The number of aromatic nitrogens is 1. The fraction of sp³-hybridized carbons (Fsp3) is 0.727. The van der Waals surface area contributed by atoms with Crippen molar-refractivity contribution in [1.82, 2.24) is 10.3 Å². The maximum absolute atomic E-state index is 5.37. The summed E-state index contributed by atoms with van der Waals surface area (Å²) in [5.41, 5.74) is 0.966. The van der Waals surface area contributed by atoms with Crippen LogP contribution in [0.1, 0.15) is 25.5 Å². The number of oxazole rings is 1. The van der Waals surface area contributed by atoms with Crippen LogP contribution in [-0.2, 0) is 0 Å². The maximum atomic E-state index is 5.37. The summed E-state index contributed by atoms with van der Waals surface area (Å²) >= 11 is 1.78. The zero-order chi connectivity index (χ0) is 10.8. The van der Waals surface area contributed by atoms with E-state index in [1.54, 1.807) is 18.0 Å². The van der Waals surface area contributed by atoms with Crippen LogP contribution >= 0.6 is 11.8 Å². The van der Waals surface area contributed by atoms with Crippen molar-refractivity contribution in [2.24, 2.45) is 5.92 Å². The highest BCUT2D eigenvalue weighted by atomic mass is 32.2. The van der Waals surface area contributed by atoms with Crippen molar-refractivity contribution >= 4 is 11.8 Å². The molecule has 1 saturated carbocycles. The average Bonchev–Trinajstić information content (AvgIpc) is 2.76. The van der Waals surface area contributed by atoms with Gasteiger partial charge >= 0.3 is 0 Å². The molecule has 1 aromatic rings. The lowest BCUT2D eigenvalue weighted by Crippen LogP contribution is -2.29. The molecule has 1 aliphatic rings. The van der Waals surface area contributed by atoms with Crippen molar-refractivity contribution < 1.29 is 4.42 Å². The Morgan fingerprint density at radius 1 is 1.53 bits per heavy atom. The maximum Gasteiger partial charge on any atom is 0.256 e. The van der Waals surface area contributed by atoms with Gasteiger partial charge in [0.05, 0.1) is 5.69 Å². The Kier molecular flexibility index (Phi) is 3.36. The molecule has 1 fully saturated rings. The molecule has 84 valence electrons. The van der Waals surface area contributed by atoms with Crippen LogP contribution in [0.15, 0.2) is 15.9 Å². The molecule has 1 heterocycles. The Labute approximate surface area is 95.0 Å². The molecule has 0 saturated heterocycles. The largest absolute Gasteiger partial charge is 0.440 e. The average molecular weight is 226 g/mol. The SMILES string of the molecule is CNC1CCC(Sc2nc(C)co2)C1C. The number of thioether (sulfide) groups is 1. The second-order valence-corrected chi connectivity index (χ2v) is 5.43. The Balaban J connectivity index is 1.96. The molecule has 3 nitrogen and oxygen atoms in total. The minimum absolute atomic E-state index is 0.639. The van der Waals surface area contributed by atoms with Gasteiger partial charge in [-0.05, 0) is 32.7 Å². The molecule has 3 unspecified atom stereocenters. The highest BCUT2D eigenvalue weighted by Gasteiger charge is 2.33. The predicted molar refractivity (Wildman–Crippen MR) is 62.1 cm³/mol. The lowest BCUT2D eigenvalue weighted by atomic mass is 10.1. The van der Waals surface area contributed by atoms with E-state index in [0.717, 1.165) is 10.9 Å². The van der Waals surface area contributed by atoms with Gasteiger partial charge in [-0.3, -0.25) is 0 Å². The molecule has 4 heteroatoms. The second kappa shape index (κ2) is 4.58. The molecule has 0 aliphatic heterocycles. The molecule has 0 amide bonds. The van der Waals surface area contributed by atoms with Gasteiger partial charge in [-0.15, -0.1) is 0 Å². The highest BCUT2D eigenvalue weighted by molar-refractivity contribution is 7.99. The quantitative estimate of drug-likeness (QED) is 0.859. The summed E-state index contributed by atoms with van der Waals surface area (Å²) < 4.78 is 5.37. The Bertz CT molecular complexity index is 326. The van der Waals surface area contributed by atoms with Gasteiger partial charge in [-0.1, -0.05) is 18.7 Å². The molecule has 1 N–H and O–H groups in total. The molecule has 15 heavy (non-hydrogen) atoms. The first-order valence-electron chi connectivity index (χ1n) is 5.46. The zero-order valence-electron chi connectivity index (χ0n) is 9.49. The fourth-order valence-electron chi connectivity index (χ4n) is 2.22. The third-order valence-corrected chi connectivity index (χ3v) is 4.56. The molecule has 1 aromatic heterocycles. The summed E-state index contributed by atoms with van der Waals surface area (Å²) in [7, 11) is 2.05. The topological polar surface area (TPSA) is 38.1 Å². The number of aryl methyl sites for hydroxylation is 1. The Morgan fingerprint density at radius 3 is 2.87 bits per heavy atom. The van der Waals surface area contributed by atoms with E-state index < -0.39 is 0 Å². The third kappa shape index (κ3) is 2.37. The van der Waals surface area contributed by atoms with Gasteiger partial charge in [0.15, 0.2) is 0 Å². The number of nitrogens with zero attached hydrogens (tertiary/aromatic N) is 1. The smallest absolute Gasteiger partial charge is 0.256 e. The van der Waals surface area contributed by atoms with E-state index in [4.69, 9.17) is 4.42 Å². The minimum atomic E-state index is 0.639. The standard InChI is InChI=1S/C11H18N2OS/c1-7-6-14-11(13-7)15-10-5-4-9(12-3)8(10)2/h6,8-10,12H,4-5H2,1-3H3. The molecule has 0 aromatic carbocycles. The molecular weight excluding hydrogens is 208 g/mol. The van der Waals surface area contributed by atoms with Crippen molar-refractivity contribution in [3.05, 3.63) is 12.0 Å². The van der Waals surface area contributed by atoms with Gasteiger partial charge in [-0.2, -0.15) is 0 Å². The van der Waals surface area contributed by atoms with Crippen LogP contribution in [0.4, 0.5) is 0 Å². The predicted octanol–water partition coefficient (Wildman–Crippen LogP) is 2.46. The van der Waals surface area contributed by atoms with Crippen LogP contribution in [-0.4, -0.2) is 23.3 Å². The monoisotopic (exact) mass is 226 g/mol. The lowest BCUT2D eigenvalue weighted by Gasteiger charge is -2.18. The van der Waals surface area contributed by atoms with E-state index in [-0.39, 0.29) is 0 Å². The van der Waals surface area contributed by atoms with Crippen molar-refractivity contribution in [3.8, 4) is 0 Å². The summed E-state index contributed by atoms with van der Waals surface area (Å²) in [6.07, 6.45) is 4.23.